The lowest BCUT2D eigenvalue weighted by atomic mass is 10.0. The molecule has 1 nitrogen and oxygen atoms in total. The third kappa shape index (κ3) is 10.9. The molecule has 0 bridgehead atoms. The average Bonchev–Trinajstić information content (AvgIpc) is 1.14. The monoisotopic (exact) mass is 145 g/mol. The van der Waals surface area contributed by atoms with Gasteiger partial charge in [-0.15, -0.1) is 0 Å². The lowest BCUT2D eigenvalue weighted by molar-refractivity contribution is 0.303. The minimum atomic E-state index is 0. The Bertz CT molecular complexity index is 69.9. The summed E-state index contributed by atoms with van der Waals surface area (Å²) in [6.45, 7) is 13.1. The molecule has 0 aliphatic rings. The van der Waals surface area contributed by atoms with E-state index in [4.69, 9.17) is 0 Å². The summed E-state index contributed by atoms with van der Waals surface area (Å²) in [5, 5.41) is 3.46. The highest BCUT2D eigenvalue weighted by molar-refractivity contribution is 4.80. The van der Waals surface area contributed by atoms with Crippen molar-refractivity contribution in [2.45, 2.75) is 60.0 Å². The van der Waals surface area contributed by atoms with Gasteiger partial charge in [0.15, 0.2) is 0 Å². The molecule has 0 heterocycles. The van der Waals surface area contributed by atoms with E-state index < -0.39 is 0 Å². The zero-order valence-corrected chi connectivity index (χ0v) is 7.50. The molecular weight excluding hydrogens is 122 g/mol. The molecule has 0 amide bonds. The van der Waals surface area contributed by atoms with Gasteiger partial charge in [0.1, 0.15) is 0 Å². The van der Waals surface area contributed by atoms with E-state index in [1.54, 1.807) is 0 Å². The maximum atomic E-state index is 3.46. The Hall–Kier alpha value is -0.0400. The van der Waals surface area contributed by atoms with Crippen molar-refractivity contribution in [2.24, 2.45) is 0 Å². The van der Waals surface area contributed by atoms with E-state index >= 15 is 0 Å². The predicted molar refractivity (Wildman–Crippen MR) is 49.4 cm³/mol. The fourth-order valence-electron chi connectivity index (χ4n) is 1.12. The molecule has 0 aliphatic heterocycles. The summed E-state index contributed by atoms with van der Waals surface area (Å²) in [6.07, 6.45) is 0. The summed E-state index contributed by atoms with van der Waals surface area (Å²) < 4.78 is 0. The van der Waals surface area contributed by atoms with Crippen LogP contribution in [0.3, 0.4) is 0 Å². The van der Waals surface area contributed by atoms with Crippen molar-refractivity contribution >= 4 is 0 Å². The molecule has 0 saturated carbocycles. The molecule has 0 unspecified atom stereocenters. The summed E-state index contributed by atoms with van der Waals surface area (Å²) in [5.41, 5.74) is 0.469. The molecule has 0 rings (SSSR count). The SMILES string of the molecule is C.CC(C)(C)NC(C)(C)C. The van der Waals surface area contributed by atoms with E-state index in [0.717, 1.165) is 0 Å². The highest BCUT2D eigenvalue weighted by atomic mass is 15.0. The van der Waals surface area contributed by atoms with Gasteiger partial charge in [-0.2, -0.15) is 0 Å². The lowest BCUT2D eigenvalue weighted by Crippen LogP contribution is -2.48. The Kier molecular flexibility index (Phi) is 4.27. The maximum absolute atomic E-state index is 3.46. The molecule has 0 aromatic carbocycles. The molecule has 0 spiro atoms. The van der Waals surface area contributed by atoms with Gasteiger partial charge in [0.05, 0.1) is 0 Å². The van der Waals surface area contributed by atoms with E-state index in [1.165, 1.54) is 0 Å². The second-order valence-electron chi connectivity index (χ2n) is 4.62. The Labute approximate surface area is 66.2 Å². The summed E-state index contributed by atoms with van der Waals surface area (Å²) in [4.78, 5) is 0. The number of hydrogen-bond donors (Lipinski definition) is 1. The third-order valence-electron chi connectivity index (χ3n) is 0.750. The van der Waals surface area contributed by atoms with E-state index in [0.29, 0.717) is 0 Å². The second-order valence-corrected chi connectivity index (χ2v) is 4.62. The zero-order valence-electron chi connectivity index (χ0n) is 7.50. The largest absolute Gasteiger partial charge is 0.307 e. The average molecular weight is 145 g/mol. The highest BCUT2D eigenvalue weighted by Crippen LogP contribution is 2.08. The molecule has 0 aromatic heterocycles. The molecule has 0 fully saturated rings. The van der Waals surface area contributed by atoms with Crippen molar-refractivity contribution in [1.82, 2.24) is 5.32 Å². The highest BCUT2D eigenvalue weighted by Gasteiger charge is 2.17. The summed E-state index contributed by atoms with van der Waals surface area (Å²) in [7, 11) is 0. The van der Waals surface area contributed by atoms with Gasteiger partial charge in [0, 0.05) is 11.1 Å². The number of nitrogens with one attached hydrogen (secondary N) is 1. The number of rotatable bonds is 0. The first-order valence-corrected chi connectivity index (χ1v) is 3.50. The van der Waals surface area contributed by atoms with Crippen molar-refractivity contribution in [2.75, 3.05) is 0 Å². The van der Waals surface area contributed by atoms with Crippen LogP contribution in [0.1, 0.15) is 49.0 Å². The van der Waals surface area contributed by atoms with Crippen LogP contribution in [0.25, 0.3) is 0 Å². The third-order valence-corrected chi connectivity index (χ3v) is 0.750. The Morgan fingerprint density at radius 2 is 0.900 bits per heavy atom. The Balaban J connectivity index is 0. The molecule has 10 heavy (non-hydrogen) atoms. The van der Waals surface area contributed by atoms with Crippen LogP contribution in [0.15, 0.2) is 0 Å². The van der Waals surface area contributed by atoms with Crippen molar-refractivity contribution in [1.29, 1.82) is 0 Å². The van der Waals surface area contributed by atoms with Gasteiger partial charge in [-0.05, 0) is 41.5 Å². The fourth-order valence-corrected chi connectivity index (χ4v) is 1.12. The van der Waals surface area contributed by atoms with Gasteiger partial charge < -0.3 is 5.32 Å². The molecule has 0 saturated heterocycles. The van der Waals surface area contributed by atoms with Gasteiger partial charge in [0.25, 0.3) is 0 Å². The first-order chi connectivity index (χ1) is 3.71. The molecule has 0 aromatic rings. The molecular formula is C9H23N. The minimum Gasteiger partial charge on any atom is -0.307 e. The van der Waals surface area contributed by atoms with E-state index in [2.05, 4.69) is 46.9 Å². The molecule has 64 valence electrons. The standard InChI is InChI=1S/C8H19N.CH4/c1-7(2,3)9-8(4,5)6;/h9H,1-6H3;1H4. The first kappa shape index (κ1) is 12.6. The smallest absolute Gasteiger partial charge is 0.0101 e. The van der Waals surface area contributed by atoms with Gasteiger partial charge >= 0.3 is 0 Å². The van der Waals surface area contributed by atoms with Crippen LogP contribution >= 0.6 is 0 Å². The summed E-state index contributed by atoms with van der Waals surface area (Å²) in [5.74, 6) is 0. The molecule has 0 radical (unpaired) electrons. The van der Waals surface area contributed by atoms with E-state index in [1.807, 2.05) is 0 Å². The van der Waals surface area contributed by atoms with Crippen LogP contribution in [-0.2, 0) is 0 Å². The Morgan fingerprint density at radius 3 is 0.900 bits per heavy atom. The normalized spacial score (nSPS) is 12.6. The number of hydrogen-bond acceptors (Lipinski definition) is 1. The molecule has 1 heteroatoms. The van der Waals surface area contributed by atoms with Crippen molar-refractivity contribution in [3.05, 3.63) is 0 Å². The van der Waals surface area contributed by atoms with Crippen molar-refractivity contribution in [3.8, 4) is 0 Å². The topological polar surface area (TPSA) is 12.0 Å². The Morgan fingerprint density at radius 1 is 0.700 bits per heavy atom. The van der Waals surface area contributed by atoms with Crippen LogP contribution in [0.4, 0.5) is 0 Å². The maximum Gasteiger partial charge on any atom is 0.0101 e. The first-order valence-electron chi connectivity index (χ1n) is 3.50. The molecule has 0 atom stereocenters. The van der Waals surface area contributed by atoms with E-state index in [-0.39, 0.29) is 18.5 Å². The zero-order chi connectivity index (χ0) is 7.71. The van der Waals surface area contributed by atoms with Gasteiger partial charge in [-0.25, -0.2) is 0 Å². The van der Waals surface area contributed by atoms with Crippen LogP contribution in [0.5, 0.6) is 0 Å². The predicted octanol–water partition coefficient (Wildman–Crippen LogP) is 2.81. The van der Waals surface area contributed by atoms with E-state index in [9.17, 15) is 0 Å². The summed E-state index contributed by atoms with van der Waals surface area (Å²) >= 11 is 0. The van der Waals surface area contributed by atoms with Gasteiger partial charge in [-0.1, -0.05) is 7.43 Å². The van der Waals surface area contributed by atoms with Crippen LogP contribution < -0.4 is 5.32 Å². The quantitative estimate of drug-likeness (QED) is 0.552. The second kappa shape index (κ2) is 3.38. The van der Waals surface area contributed by atoms with Crippen LogP contribution in [0, 0.1) is 0 Å². The minimum absolute atomic E-state index is 0. The van der Waals surface area contributed by atoms with Crippen LogP contribution in [-0.4, -0.2) is 11.1 Å². The van der Waals surface area contributed by atoms with Gasteiger partial charge in [0.2, 0.25) is 0 Å². The lowest BCUT2D eigenvalue weighted by Gasteiger charge is -2.31. The van der Waals surface area contributed by atoms with Crippen molar-refractivity contribution < 1.29 is 0 Å². The summed E-state index contributed by atoms with van der Waals surface area (Å²) in [6, 6.07) is 0. The van der Waals surface area contributed by atoms with Gasteiger partial charge in [-0.3, -0.25) is 0 Å². The fraction of sp³-hybridized carbons (Fsp3) is 1.00. The van der Waals surface area contributed by atoms with Crippen LogP contribution in [0.2, 0.25) is 0 Å². The van der Waals surface area contributed by atoms with Crippen molar-refractivity contribution in [3.63, 3.8) is 0 Å². The molecule has 1 N–H and O–H groups in total. The molecule has 0 aliphatic carbocycles.